The summed E-state index contributed by atoms with van der Waals surface area (Å²) >= 11 is 1.34. The molecule has 0 aliphatic carbocycles. The number of thiazole rings is 1. The Hall–Kier alpha value is -2.08. The second kappa shape index (κ2) is 8.15. The van der Waals surface area contributed by atoms with Gasteiger partial charge in [0.2, 0.25) is 0 Å². The summed E-state index contributed by atoms with van der Waals surface area (Å²) in [6, 6.07) is 6.13. The van der Waals surface area contributed by atoms with Gasteiger partial charge < -0.3 is 5.11 Å². The van der Waals surface area contributed by atoms with Crippen LogP contribution in [0, 0.1) is 17.7 Å². The van der Waals surface area contributed by atoms with Crippen LogP contribution in [0.15, 0.2) is 29.6 Å². The molecule has 2 aromatic rings. The maximum absolute atomic E-state index is 13.3. The van der Waals surface area contributed by atoms with Gasteiger partial charge >= 0.3 is 5.97 Å². The molecule has 24 heavy (non-hydrogen) atoms. The summed E-state index contributed by atoms with van der Waals surface area (Å²) < 4.78 is 13.3. The van der Waals surface area contributed by atoms with Crippen molar-refractivity contribution in [2.75, 3.05) is 0 Å². The number of carboxylic acid groups (broad SMARTS) is 1. The van der Waals surface area contributed by atoms with Gasteiger partial charge in [-0.15, -0.1) is 11.3 Å². The number of carbonyl (C=O) groups excluding carboxylic acids is 1. The van der Waals surface area contributed by atoms with Crippen molar-refractivity contribution in [3.05, 3.63) is 41.2 Å². The number of benzene rings is 1. The number of halogens is 1. The van der Waals surface area contributed by atoms with Crippen LogP contribution in [0.25, 0.3) is 10.6 Å². The summed E-state index contributed by atoms with van der Waals surface area (Å²) in [5.74, 6) is -1.84. The van der Waals surface area contributed by atoms with Crippen LogP contribution in [0.4, 0.5) is 4.39 Å². The Morgan fingerprint density at radius 2 is 2.08 bits per heavy atom. The van der Waals surface area contributed by atoms with E-state index >= 15 is 0 Å². The molecule has 0 saturated carbocycles. The van der Waals surface area contributed by atoms with Crippen LogP contribution < -0.4 is 0 Å². The first kappa shape index (κ1) is 18.3. The number of aromatic nitrogens is 1. The molecule has 1 aromatic carbocycles. The third kappa shape index (κ3) is 5.23. The van der Waals surface area contributed by atoms with E-state index in [0.717, 1.165) is 0 Å². The quantitative estimate of drug-likeness (QED) is 0.776. The third-order valence-corrected chi connectivity index (χ3v) is 4.52. The van der Waals surface area contributed by atoms with E-state index < -0.39 is 11.9 Å². The minimum absolute atomic E-state index is 0.0142. The fourth-order valence-electron chi connectivity index (χ4n) is 2.53. The predicted molar refractivity (Wildman–Crippen MR) is 91.4 cm³/mol. The van der Waals surface area contributed by atoms with Crippen molar-refractivity contribution in [3.8, 4) is 10.6 Å². The monoisotopic (exact) mass is 349 g/mol. The van der Waals surface area contributed by atoms with Gasteiger partial charge in [-0.2, -0.15) is 0 Å². The summed E-state index contributed by atoms with van der Waals surface area (Å²) in [5, 5.41) is 11.6. The molecule has 0 bridgehead atoms. The number of nitrogens with zero attached hydrogens (tertiary/aromatic N) is 1. The lowest BCUT2D eigenvalue weighted by molar-refractivity contribution is -0.144. The lowest BCUT2D eigenvalue weighted by atomic mass is 9.91. The molecule has 1 atom stereocenters. The van der Waals surface area contributed by atoms with Crippen LogP contribution >= 0.6 is 11.3 Å². The summed E-state index contributed by atoms with van der Waals surface area (Å²) in [6.45, 7) is 3.87. The Morgan fingerprint density at radius 3 is 2.71 bits per heavy atom. The average Bonchev–Trinajstić information content (AvgIpc) is 2.94. The fourth-order valence-corrected chi connectivity index (χ4v) is 3.35. The van der Waals surface area contributed by atoms with Gasteiger partial charge in [0.1, 0.15) is 16.6 Å². The molecule has 0 unspecified atom stereocenters. The smallest absolute Gasteiger partial charge is 0.306 e. The molecule has 2 rings (SSSR count). The van der Waals surface area contributed by atoms with Crippen molar-refractivity contribution in [1.29, 1.82) is 0 Å². The first-order valence-electron chi connectivity index (χ1n) is 7.80. The summed E-state index contributed by atoms with van der Waals surface area (Å²) in [5.41, 5.74) is 1.26. The highest BCUT2D eigenvalue weighted by Crippen LogP contribution is 2.25. The summed E-state index contributed by atoms with van der Waals surface area (Å²) in [6.07, 6.45) is 0.598. The van der Waals surface area contributed by atoms with Crippen molar-refractivity contribution >= 4 is 23.1 Å². The standard InChI is InChI=1S/C18H20FNO3S/c1-11(2)6-13(18(22)23)8-16(21)9-15-10-24-17(20-15)12-4-3-5-14(19)7-12/h3-5,7,10-11,13H,6,8-9H2,1-2H3,(H,22,23)/t13-/m0/s1. The first-order valence-corrected chi connectivity index (χ1v) is 8.68. The Morgan fingerprint density at radius 1 is 1.33 bits per heavy atom. The maximum Gasteiger partial charge on any atom is 0.306 e. The van der Waals surface area contributed by atoms with Gasteiger partial charge in [0.05, 0.1) is 11.6 Å². The van der Waals surface area contributed by atoms with Crippen molar-refractivity contribution in [1.82, 2.24) is 4.98 Å². The van der Waals surface area contributed by atoms with Crippen LogP contribution in [-0.4, -0.2) is 21.8 Å². The Bertz CT molecular complexity index is 727. The molecule has 0 spiro atoms. The molecule has 0 saturated heterocycles. The molecular weight excluding hydrogens is 329 g/mol. The zero-order valence-electron chi connectivity index (χ0n) is 13.7. The van der Waals surface area contributed by atoms with E-state index in [2.05, 4.69) is 4.98 Å². The maximum atomic E-state index is 13.3. The van der Waals surface area contributed by atoms with Crippen LogP contribution in [-0.2, 0) is 16.0 Å². The molecule has 0 fully saturated rings. The predicted octanol–water partition coefficient (Wildman–Crippen LogP) is 4.20. The van der Waals surface area contributed by atoms with Crippen molar-refractivity contribution in [2.45, 2.75) is 33.1 Å². The Kier molecular flexibility index (Phi) is 6.20. The number of aliphatic carboxylic acids is 1. The van der Waals surface area contributed by atoms with E-state index in [4.69, 9.17) is 0 Å². The van der Waals surface area contributed by atoms with Gasteiger partial charge in [-0.1, -0.05) is 26.0 Å². The number of carboxylic acids is 1. The highest BCUT2D eigenvalue weighted by molar-refractivity contribution is 7.13. The van der Waals surface area contributed by atoms with Gasteiger partial charge in [-0.25, -0.2) is 9.37 Å². The lowest BCUT2D eigenvalue weighted by Crippen LogP contribution is -2.20. The summed E-state index contributed by atoms with van der Waals surface area (Å²) in [4.78, 5) is 27.8. The number of Topliss-reactive ketones (excluding diaryl/α,β-unsaturated/α-hetero) is 1. The van der Waals surface area contributed by atoms with Gasteiger partial charge in [-0.3, -0.25) is 9.59 Å². The molecule has 0 radical (unpaired) electrons. The van der Waals surface area contributed by atoms with Crippen LogP contribution in [0.2, 0.25) is 0 Å². The van der Waals surface area contributed by atoms with Gasteiger partial charge in [0.15, 0.2) is 0 Å². The van der Waals surface area contributed by atoms with Crippen molar-refractivity contribution in [2.24, 2.45) is 11.8 Å². The molecule has 1 N–H and O–H groups in total. The molecule has 0 aliphatic heterocycles. The van der Waals surface area contributed by atoms with Gasteiger partial charge in [0, 0.05) is 23.8 Å². The van der Waals surface area contributed by atoms with Gasteiger partial charge in [-0.05, 0) is 24.5 Å². The zero-order valence-corrected chi connectivity index (χ0v) is 14.5. The number of rotatable bonds is 8. The molecule has 0 amide bonds. The molecule has 1 aromatic heterocycles. The molecule has 6 heteroatoms. The first-order chi connectivity index (χ1) is 11.3. The van der Waals surface area contributed by atoms with Crippen LogP contribution in [0.5, 0.6) is 0 Å². The second-order valence-electron chi connectivity index (χ2n) is 6.24. The highest BCUT2D eigenvalue weighted by Gasteiger charge is 2.22. The largest absolute Gasteiger partial charge is 0.481 e. The SMILES string of the molecule is CC(C)C[C@@H](CC(=O)Cc1csc(-c2cccc(F)c2)n1)C(=O)O. The highest BCUT2D eigenvalue weighted by atomic mass is 32.1. The molecule has 0 aliphatic rings. The van der Waals surface area contributed by atoms with E-state index in [1.54, 1.807) is 17.5 Å². The lowest BCUT2D eigenvalue weighted by Gasteiger charge is -2.13. The van der Waals surface area contributed by atoms with Crippen molar-refractivity contribution < 1.29 is 19.1 Å². The number of hydrogen-bond acceptors (Lipinski definition) is 4. The Balaban J connectivity index is 2.01. The summed E-state index contributed by atoms with van der Waals surface area (Å²) in [7, 11) is 0. The minimum atomic E-state index is -0.934. The van der Waals surface area contributed by atoms with Crippen molar-refractivity contribution in [3.63, 3.8) is 0 Å². The minimum Gasteiger partial charge on any atom is -0.481 e. The number of carbonyl (C=O) groups is 2. The van der Waals surface area contributed by atoms with E-state index in [1.807, 2.05) is 13.8 Å². The molecular formula is C18H20FNO3S. The number of ketones is 1. The topological polar surface area (TPSA) is 67.3 Å². The Labute approximate surface area is 144 Å². The number of hydrogen-bond donors (Lipinski definition) is 1. The normalized spacial score (nSPS) is 12.3. The average molecular weight is 349 g/mol. The van der Waals surface area contributed by atoms with E-state index in [0.29, 0.717) is 22.7 Å². The van der Waals surface area contributed by atoms with E-state index in [9.17, 15) is 19.1 Å². The van der Waals surface area contributed by atoms with Crippen LogP contribution in [0.1, 0.15) is 32.4 Å². The third-order valence-electron chi connectivity index (χ3n) is 3.58. The fraction of sp³-hybridized carbons (Fsp3) is 0.389. The molecule has 128 valence electrons. The van der Waals surface area contributed by atoms with E-state index in [-0.39, 0.29) is 30.4 Å². The van der Waals surface area contributed by atoms with Gasteiger partial charge in [0.25, 0.3) is 0 Å². The molecule has 1 heterocycles. The van der Waals surface area contributed by atoms with Crippen LogP contribution in [0.3, 0.4) is 0 Å². The zero-order chi connectivity index (χ0) is 17.7. The van der Waals surface area contributed by atoms with E-state index in [1.165, 1.54) is 23.5 Å². The second-order valence-corrected chi connectivity index (χ2v) is 7.10. The molecule has 4 nitrogen and oxygen atoms in total.